The zero-order valence-electron chi connectivity index (χ0n) is 21.2. The predicted octanol–water partition coefficient (Wildman–Crippen LogP) is 6.05. The highest BCUT2D eigenvalue weighted by atomic mass is 32.1. The van der Waals surface area contributed by atoms with Crippen LogP contribution in [0.2, 0.25) is 0 Å². The van der Waals surface area contributed by atoms with Gasteiger partial charge in [-0.2, -0.15) is 13.2 Å². The van der Waals surface area contributed by atoms with E-state index in [1.54, 1.807) is 12.1 Å². The van der Waals surface area contributed by atoms with Crippen molar-refractivity contribution in [2.45, 2.75) is 30.9 Å². The van der Waals surface area contributed by atoms with E-state index >= 15 is 0 Å². The normalized spacial score (nSPS) is 17.4. The summed E-state index contributed by atoms with van der Waals surface area (Å²) in [5.41, 5.74) is 7.86. The highest BCUT2D eigenvalue weighted by Crippen LogP contribution is 2.50. The summed E-state index contributed by atoms with van der Waals surface area (Å²) >= 11 is 1.23. The number of hydrogen-bond donors (Lipinski definition) is 2. The minimum Gasteiger partial charge on any atom is -0.494 e. The van der Waals surface area contributed by atoms with Crippen LogP contribution in [0.25, 0.3) is 21.5 Å². The lowest BCUT2D eigenvalue weighted by Gasteiger charge is -2.20. The minimum atomic E-state index is -4.51. The van der Waals surface area contributed by atoms with Crippen molar-refractivity contribution in [2.75, 3.05) is 26.0 Å². The summed E-state index contributed by atoms with van der Waals surface area (Å²) in [6.07, 6.45) is -2.78. The lowest BCUT2D eigenvalue weighted by molar-refractivity contribution is -0.151. The fourth-order valence-corrected chi connectivity index (χ4v) is 5.91. The second-order valence-corrected chi connectivity index (χ2v) is 11.0. The highest BCUT2D eigenvalue weighted by molar-refractivity contribution is 7.22. The van der Waals surface area contributed by atoms with Gasteiger partial charge >= 0.3 is 6.18 Å². The molecule has 0 spiro atoms. The molecule has 2 aromatic carbocycles. The van der Waals surface area contributed by atoms with E-state index in [4.69, 9.17) is 20.2 Å². The van der Waals surface area contributed by atoms with Crippen molar-refractivity contribution in [2.24, 2.45) is 5.92 Å². The molecule has 208 valence electrons. The maximum Gasteiger partial charge on any atom is 0.399 e. The van der Waals surface area contributed by atoms with Gasteiger partial charge in [0.2, 0.25) is 0 Å². The van der Waals surface area contributed by atoms with Crippen LogP contribution in [0.1, 0.15) is 46.3 Å². The van der Waals surface area contributed by atoms with E-state index in [1.807, 2.05) is 0 Å². The number of methoxy groups -OCH3 is 1. The lowest BCUT2D eigenvalue weighted by atomic mass is 9.92. The molecule has 2 aliphatic rings. The van der Waals surface area contributed by atoms with E-state index in [9.17, 15) is 22.4 Å². The van der Waals surface area contributed by atoms with Crippen molar-refractivity contribution in [3.05, 3.63) is 65.1 Å². The number of fused-ring (bicyclic) bond motifs is 2. The number of rotatable bonds is 7. The number of nitrogens with zero attached hydrogens (tertiary/aromatic N) is 2. The molecule has 4 aromatic rings. The van der Waals surface area contributed by atoms with Gasteiger partial charge in [-0.25, -0.2) is 14.4 Å². The van der Waals surface area contributed by atoms with Crippen molar-refractivity contribution in [3.8, 4) is 22.8 Å². The molecule has 0 saturated heterocycles. The Hall–Kier alpha value is -3.93. The molecule has 2 atom stereocenters. The molecule has 3 heterocycles. The minimum absolute atomic E-state index is 0.00627. The number of carbonyl (C=O) groups is 1. The number of ether oxygens (including phenoxy) is 2. The van der Waals surface area contributed by atoms with Crippen LogP contribution < -0.4 is 20.5 Å². The van der Waals surface area contributed by atoms with Crippen LogP contribution in [-0.4, -0.2) is 42.3 Å². The Kier molecular flexibility index (Phi) is 6.52. The summed E-state index contributed by atoms with van der Waals surface area (Å²) < 4.78 is 67.0. The zero-order chi connectivity index (χ0) is 28.2. The van der Waals surface area contributed by atoms with Crippen molar-refractivity contribution >= 4 is 32.6 Å². The molecule has 0 unspecified atom stereocenters. The average molecular weight is 573 g/mol. The molecular formula is C28H24F4N4O3S. The van der Waals surface area contributed by atoms with Gasteiger partial charge in [0.15, 0.2) is 5.13 Å². The molecule has 2 aromatic heterocycles. The maximum atomic E-state index is 13.9. The Balaban J connectivity index is 1.34. The third kappa shape index (κ3) is 4.91. The number of nitrogen functional groups attached to an aromatic ring is 1. The molecule has 6 rings (SSSR count). The Morgan fingerprint density at radius 1 is 1.20 bits per heavy atom. The Morgan fingerprint density at radius 3 is 2.62 bits per heavy atom. The summed E-state index contributed by atoms with van der Waals surface area (Å²) in [5.74, 6) is -2.35. The summed E-state index contributed by atoms with van der Waals surface area (Å²) in [7, 11) is 1.48. The van der Waals surface area contributed by atoms with Crippen LogP contribution in [-0.2, 0) is 0 Å². The number of amides is 1. The van der Waals surface area contributed by atoms with E-state index in [2.05, 4.69) is 10.3 Å². The van der Waals surface area contributed by atoms with Crippen molar-refractivity contribution < 1.29 is 31.8 Å². The first kappa shape index (κ1) is 26.3. The van der Waals surface area contributed by atoms with Gasteiger partial charge in [-0.3, -0.25) is 4.79 Å². The number of hydrogen-bond acceptors (Lipinski definition) is 7. The van der Waals surface area contributed by atoms with Gasteiger partial charge in [0.25, 0.3) is 5.91 Å². The zero-order valence-corrected chi connectivity index (χ0v) is 22.0. The number of alkyl halides is 3. The first-order chi connectivity index (χ1) is 19.1. The molecule has 7 nitrogen and oxygen atoms in total. The van der Waals surface area contributed by atoms with Gasteiger partial charge in [0.05, 0.1) is 11.8 Å². The van der Waals surface area contributed by atoms with Crippen LogP contribution >= 0.6 is 11.3 Å². The van der Waals surface area contributed by atoms with Crippen molar-refractivity contribution in [3.63, 3.8) is 0 Å². The molecule has 1 amide bonds. The number of carbonyl (C=O) groups excluding carboxylic acids is 1. The third-order valence-electron chi connectivity index (χ3n) is 7.32. The van der Waals surface area contributed by atoms with E-state index in [0.717, 1.165) is 12.8 Å². The second kappa shape index (κ2) is 9.92. The van der Waals surface area contributed by atoms with Crippen LogP contribution in [0.4, 0.5) is 22.7 Å². The SMILES string of the molecule is COc1cc(C(=O)NC[C@H](c2cc3c(c(-c4ccc(F)cc4)n2)OC[C@H]3C(F)(F)F)C2CC2)cc2sc(N)nc12. The topological polar surface area (TPSA) is 99.4 Å². The summed E-state index contributed by atoms with van der Waals surface area (Å²) in [6, 6.07) is 10.1. The Labute approximate surface area is 230 Å². The van der Waals surface area contributed by atoms with Crippen LogP contribution in [0.5, 0.6) is 11.5 Å². The summed E-state index contributed by atoms with van der Waals surface area (Å²) in [4.78, 5) is 22.2. The van der Waals surface area contributed by atoms with Gasteiger partial charge in [0.1, 0.15) is 41.1 Å². The molecule has 1 fully saturated rings. The largest absolute Gasteiger partial charge is 0.494 e. The van der Waals surface area contributed by atoms with Gasteiger partial charge in [-0.15, -0.1) is 0 Å². The first-order valence-electron chi connectivity index (χ1n) is 12.6. The second-order valence-electron chi connectivity index (χ2n) is 9.96. The quantitative estimate of drug-likeness (QED) is 0.262. The Morgan fingerprint density at radius 2 is 1.95 bits per heavy atom. The fraction of sp³-hybridized carbons (Fsp3) is 0.321. The Bertz CT molecular complexity index is 1600. The van der Waals surface area contributed by atoms with Gasteiger partial charge in [-0.1, -0.05) is 11.3 Å². The average Bonchev–Trinajstić information content (AvgIpc) is 3.53. The smallest absolute Gasteiger partial charge is 0.399 e. The molecule has 40 heavy (non-hydrogen) atoms. The first-order valence-corrected chi connectivity index (χ1v) is 13.5. The van der Waals surface area contributed by atoms with Crippen LogP contribution in [0.3, 0.4) is 0 Å². The van der Waals surface area contributed by atoms with Crippen LogP contribution in [0, 0.1) is 11.7 Å². The van der Waals surface area contributed by atoms with E-state index in [-0.39, 0.29) is 41.3 Å². The lowest BCUT2D eigenvalue weighted by Crippen LogP contribution is -2.30. The van der Waals surface area contributed by atoms with E-state index in [1.165, 1.54) is 48.8 Å². The number of anilines is 1. The van der Waals surface area contributed by atoms with Crippen molar-refractivity contribution in [1.29, 1.82) is 0 Å². The number of nitrogens with two attached hydrogens (primary N) is 1. The molecule has 0 radical (unpaired) electrons. The number of benzene rings is 2. The molecule has 0 bridgehead atoms. The van der Waals surface area contributed by atoms with Crippen LogP contribution in [0.15, 0.2) is 42.5 Å². The van der Waals surface area contributed by atoms with Crippen molar-refractivity contribution in [1.82, 2.24) is 15.3 Å². The van der Waals surface area contributed by atoms with Gasteiger partial charge in [0, 0.05) is 34.8 Å². The number of nitrogens with one attached hydrogen (secondary N) is 1. The number of halogens is 4. The molecule has 3 N–H and O–H groups in total. The number of aromatic nitrogens is 2. The molecular weight excluding hydrogens is 548 g/mol. The van der Waals surface area contributed by atoms with E-state index in [0.29, 0.717) is 37.9 Å². The van der Waals surface area contributed by atoms with Gasteiger partial charge < -0.3 is 20.5 Å². The highest BCUT2D eigenvalue weighted by Gasteiger charge is 2.47. The standard InChI is InChI=1S/C28H24F4N4O3S/c1-38-21-8-15(9-22-24(21)36-27(33)40-22)26(37)34-11-18(13-2-3-13)20-10-17-19(28(30,31)32)12-39-25(17)23(35-20)14-4-6-16(29)7-5-14/h4-10,13,18-19H,2-3,11-12H2,1H3,(H2,33,36)(H,34,37)/t18-,19+/m0/s1. The monoisotopic (exact) mass is 572 g/mol. The predicted molar refractivity (Wildman–Crippen MR) is 142 cm³/mol. The maximum absolute atomic E-state index is 13.9. The molecule has 12 heteroatoms. The number of pyridine rings is 1. The molecule has 1 aliphatic carbocycles. The number of thiazole rings is 1. The summed E-state index contributed by atoms with van der Waals surface area (Å²) in [6.45, 7) is -0.379. The van der Waals surface area contributed by atoms with Gasteiger partial charge in [-0.05, 0) is 61.2 Å². The third-order valence-corrected chi connectivity index (χ3v) is 8.15. The van der Waals surface area contributed by atoms with E-state index < -0.39 is 24.5 Å². The fourth-order valence-electron chi connectivity index (χ4n) is 5.12. The summed E-state index contributed by atoms with van der Waals surface area (Å²) in [5, 5.41) is 3.28. The molecule has 1 aliphatic heterocycles. The molecule has 1 saturated carbocycles.